The normalized spacial score (nSPS) is 16.7. The first-order chi connectivity index (χ1) is 13.9. The Morgan fingerprint density at radius 3 is 2.63 bits per heavy atom. The average Bonchev–Trinajstić information content (AvgIpc) is 2.66. The molecule has 0 bridgehead atoms. The zero-order valence-corrected chi connectivity index (χ0v) is 18.1. The second kappa shape index (κ2) is 8.27. The molecule has 1 aliphatic heterocycles. The van der Waals surface area contributed by atoms with Gasteiger partial charge in [0.2, 0.25) is 0 Å². The summed E-state index contributed by atoms with van der Waals surface area (Å²) >= 11 is 9.25. The van der Waals surface area contributed by atoms with E-state index in [9.17, 15) is 26.4 Å². The molecule has 2 aromatic rings. The lowest BCUT2D eigenvalue weighted by atomic mass is 10.1. The number of anilines is 1. The number of carboxylic acid groups (broad SMARTS) is 1. The molecule has 1 aliphatic rings. The Morgan fingerprint density at radius 2 is 2.00 bits per heavy atom. The van der Waals surface area contributed by atoms with E-state index in [0.29, 0.717) is 10.5 Å². The largest absolute Gasteiger partial charge is 0.486 e. The van der Waals surface area contributed by atoms with E-state index in [1.807, 2.05) is 0 Å². The minimum atomic E-state index is -4.71. The molecule has 0 unspecified atom stereocenters. The first-order valence-electron chi connectivity index (χ1n) is 8.47. The Kier molecular flexibility index (Phi) is 6.26. The maximum Gasteiger partial charge on any atom is 0.416 e. The Morgan fingerprint density at radius 1 is 1.30 bits per heavy atom. The minimum absolute atomic E-state index is 0.00291. The van der Waals surface area contributed by atoms with Crippen LogP contribution in [0.25, 0.3) is 0 Å². The van der Waals surface area contributed by atoms with Gasteiger partial charge in [-0.2, -0.15) is 13.2 Å². The van der Waals surface area contributed by atoms with Crippen LogP contribution in [0.4, 0.5) is 18.9 Å². The van der Waals surface area contributed by atoms with Crippen LogP contribution in [0.3, 0.4) is 0 Å². The van der Waals surface area contributed by atoms with Gasteiger partial charge in [-0.25, -0.2) is 8.42 Å². The van der Waals surface area contributed by atoms with E-state index in [4.69, 9.17) is 21.4 Å². The summed E-state index contributed by atoms with van der Waals surface area (Å²) in [6.45, 7) is -0.271. The summed E-state index contributed by atoms with van der Waals surface area (Å²) in [5, 5.41) is 9.14. The third kappa shape index (κ3) is 4.68. The summed E-state index contributed by atoms with van der Waals surface area (Å²) in [5.74, 6) is -1.01. The molecule has 0 saturated heterocycles. The van der Waals surface area contributed by atoms with Gasteiger partial charge in [0.15, 0.2) is 0 Å². The zero-order valence-electron chi connectivity index (χ0n) is 15.0. The maximum absolute atomic E-state index is 13.2. The Balaban J connectivity index is 2.08. The molecule has 1 atom stereocenters. The lowest BCUT2D eigenvalue weighted by Crippen LogP contribution is -2.43. The zero-order chi connectivity index (χ0) is 22.3. The summed E-state index contributed by atoms with van der Waals surface area (Å²) in [7, 11) is -4.42. The van der Waals surface area contributed by atoms with Gasteiger partial charge in [-0.1, -0.05) is 17.7 Å². The fourth-order valence-electron chi connectivity index (χ4n) is 2.93. The quantitative estimate of drug-likeness (QED) is 0.594. The number of carbonyl (C=O) groups is 1. The summed E-state index contributed by atoms with van der Waals surface area (Å²) in [6, 6.07) is 6.16. The van der Waals surface area contributed by atoms with Crippen molar-refractivity contribution in [3.63, 3.8) is 0 Å². The van der Waals surface area contributed by atoms with Gasteiger partial charge in [0.05, 0.1) is 27.7 Å². The van der Waals surface area contributed by atoms with Crippen LogP contribution in [0.1, 0.15) is 18.4 Å². The number of fused-ring (bicyclic) bond motifs is 1. The van der Waals surface area contributed by atoms with E-state index >= 15 is 0 Å². The smallest absolute Gasteiger partial charge is 0.416 e. The van der Waals surface area contributed by atoms with E-state index < -0.39 is 38.7 Å². The standard InChI is InChI=1S/C18H14BrClF3NO5S/c19-13-7-15-16(8-14(13)20)29-11(4-5-17(25)26)9-24(15)30(27,28)12-3-1-2-10(6-12)18(21,22)23/h1-3,6-8,11H,4-5,9H2,(H,25,26)/t11-/m0/s1. The third-order valence-electron chi connectivity index (χ3n) is 4.36. The number of alkyl halides is 3. The topological polar surface area (TPSA) is 83.9 Å². The van der Waals surface area contributed by atoms with Gasteiger partial charge in [-0.05, 0) is 46.6 Å². The van der Waals surface area contributed by atoms with Crippen molar-refractivity contribution in [3.05, 3.63) is 51.5 Å². The molecule has 2 aromatic carbocycles. The molecule has 3 rings (SSSR count). The van der Waals surface area contributed by atoms with Gasteiger partial charge in [-0.3, -0.25) is 9.10 Å². The molecule has 0 fully saturated rings. The number of hydrogen-bond acceptors (Lipinski definition) is 4. The Bertz CT molecular complexity index is 1090. The Hall–Kier alpha value is -1.98. The van der Waals surface area contributed by atoms with Crippen molar-refractivity contribution in [1.82, 2.24) is 0 Å². The highest BCUT2D eigenvalue weighted by Gasteiger charge is 2.37. The van der Waals surface area contributed by atoms with Gasteiger partial charge in [0.25, 0.3) is 10.0 Å². The van der Waals surface area contributed by atoms with Crippen LogP contribution in [0.2, 0.25) is 5.02 Å². The van der Waals surface area contributed by atoms with Gasteiger partial charge in [-0.15, -0.1) is 0 Å². The van der Waals surface area contributed by atoms with Crippen LogP contribution in [-0.2, 0) is 21.0 Å². The molecule has 162 valence electrons. The first-order valence-corrected chi connectivity index (χ1v) is 11.1. The van der Waals surface area contributed by atoms with Gasteiger partial charge in [0, 0.05) is 17.0 Å². The number of ether oxygens (including phenoxy) is 1. The summed E-state index contributed by atoms with van der Waals surface area (Å²) in [4.78, 5) is 10.3. The van der Waals surface area contributed by atoms with Crippen molar-refractivity contribution >= 4 is 49.2 Å². The molecular weight excluding hydrogens is 515 g/mol. The fraction of sp³-hybridized carbons (Fsp3) is 0.278. The molecule has 1 heterocycles. The highest BCUT2D eigenvalue weighted by Crippen LogP contribution is 2.43. The average molecular weight is 529 g/mol. The summed E-state index contributed by atoms with van der Waals surface area (Å²) in [5.41, 5.74) is -1.02. The molecular formula is C18H14BrClF3NO5S. The lowest BCUT2D eigenvalue weighted by Gasteiger charge is -2.35. The highest BCUT2D eigenvalue weighted by molar-refractivity contribution is 9.10. The van der Waals surface area contributed by atoms with Crippen molar-refractivity contribution in [2.75, 3.05) is 10.8 Å². The lowest BCUT2D eigenvalue weighted by molar-refractivity contribution is -0.138. The predicted molar refractivity (Wildman–Crippen MR) is 106 cm³/mol. The molecule has 0 saturated carbocycles. The third-order valence-corrected chi connectivity index (χ3v) is 7.34. The number of hydrogen-bond donors (Lipinski definition) is 1. The van der Waals surface area contributed by atoms with Crippen molar-refractivity contribution in [2.45, 2.75) is 30.0 Å². The number of rotatable bonds is 5. The van der Waals surface area contributed by atoms with Crippen LogP contribution in [0.5, 0.6) is 5.75 Å². The predicted octanol–water partition coefficient (Wildman–Crippen LogP) is 4.94. The second-order valence-electron chi connectivity index (χ2n) is 6.47. The molecule has 12 heteroatoms. The molecule has 1 N–H and O–H groups in total. The molecule has 0 aliphatic carbocycles. The number of halogens is 5. The summed E-state index contributed by atoms with van der Waals surface area (Å²) < 4.78 is 72.7. The molecule has 0 aromatic heterocycles. The number of carboxylic acids is 1. The number of nitrogens with zero attached hydrogens (tertiary/aromatic N) is 1. The van der Waals surface area contributed by atoms with Gasteiger partial charge < -0.3 is 9.84 Å². The van der Waals surface area contributed by atoms with E-state index in [0.717, 1.165) is 22.5 Å². The minimum Gasteiger partial charge on any atom is -0.486 e. The maximum atomic E-state index is 13.2. The van der Waals surface area contributed by atoms with Crippen molar-refractivity contribution in [2.24, 2.45) is 0 Å². The van der Waals surface area contributed by atoms with E-state index in [2.05, 4.69) is 15.9 Å². The fourth-order valence-corrected chi connectivity index (χ4v) is 4.96. The van der Waals surface area contributed by atoms with Crippen LogP contribution in [0, 0.1) is 0 Å². The summed E-state index contributed by atoms with van der Waals surface area (Å²) in [6.07, 6.45) is -5.82. The second-order valence-corrected chi connectivity index (χ2v) is 9.59. The van der Waals surface area contributed by atoms with Crippen molar-refractivity contribution < 1.29 is 36.2 Å². The van der Waals surface area contributed by atoms with Crippen LogP contribution >= 0.6 is 27.5 Å². The molecule has 6 nitrogen and oxygen atoms in total. The van der Waals surface area contributed by atoms with Crippen molar-refractivity contribution in [1.29, 1.82) is 0 Å². The monoisotopic (exact) mass is 527 g/mol. The van der Waals surface area contributed by atoms with E-state index in [1.54, 1.807) is 0 Å². The molecule has 0 amide bonds. The van der Waals surface area contributed by atoms with E-state index in [1.165, 1.54) is 12.1 Å². The number of sulfonamides is 1. The molecule has 0 spiro atoms. The molecule has 30 heavy (non-hydrogen) atoms. The van der Waals surface area contributed by atoms with Crippen LogP contribution < -0.4 is 9.04 Å². The first kappa shape index (κ1) is 22.7. The highest BCUT2D eigenvalue weighted by atomic mass is 79.9. The molecule has 0 radical (unpaired) electrons. The Labute approximate surface area is 183 Å². The van der Waals surface area contributed by atoms with Gasteiger partial charge >= 0.3 is 12.1 Å². The van der Waals surface area contributed by atoms with Gasteiger partial charge in [0.1, 0.15) is 11.9 Å². The van der Waals surface area contributed by atoms with Crippen LogP contribution in [-0.4, -0.2) is 32.1 Å². The van der Waals surface area contributed by atoms with Crippen molar-refractivity contribution in [3.8, 4) is 5.75 Å². The number of aliphatic carboxylic acids is 1. The van der Waals surface area contributed by atoms with E-state index in [-0.39, 0.29) is 35.8 Å². The SMILES string of the molecule is O=C(O)CC[C@H]1CN(S(=O)(=O)c2cccc(C(F)(F)F)c2)c2cc(Br)c(Cl)cc2O1. The number of benzene rings is 2. The van der Waals surface area contributed by atoms with Crippen LogP contribution in [0.15, 0.2) is 45.8 Å².